The first-order valence-corrected chi connectivity index (χ1v) is 6.48. The van der Waals surface area contributed by atoms with E-state index in [0.29, 0.717) is 0 Å². The van der Waals surface area contributed by atoms with Gasteiger partial charge in [-0.25, -0.2) is 0 Å². The topological polar surface area (TPSA) is 17.1 Å². The van der Waals surface area contributed by atoms with Gasteiger partial charge in [-0.2, -0.15) is 0 Å². The SMILES string of the molecule is CCCCCCC(C(=O)S)c1ccccc1. The molecule has 0 aromatic heterocycles. The van der Waals surface area contributed by atoms with Crippen molar-refractivity contribution in [1.29, 1.82) is 0 Å². The molecule has 0 amide bonds. The van der Waals surface area contributed by atoms with E-state index in [-0.39, 0.29) is 11.0 Å². The van der Waals surface area contributed by atoms with Crippen molar-refractivity contribution in [3.05, 3.63) is 35.9 Å². The first kappa shape index (κ1) is 13.3. The molecule has 1 nitrogen and oxygen atoms in total. The fourth-order valence-corrected chi connectivity index (χ4v) is 2.17. The second-order valence-electron chi connectivity index (χ2n) is 4.15. The number of hydrogen-bond acceptors (Lipinski definition) is 1. The molecule has 0 aliphatic rings. The van der Waals surface area contributed by atoms with E-state index >= 15 is 0 Å². The largest absolute Gasteiger partial charge is 0.287 e. The molecule has 0 spiro atoms. The molecule has 0 saturated carbocycles. The maximum Gasteiger partial charge on any atom is 0.193 e. The molecule has 0 aliphatic carbocycles. The Balaban J connectivity index is 2.52. The third-order valence-corrected chi connectivity index (χ3v) is 3.16. The summed E-state index contributed by atoms with van der Waals surface area (Å²) in [6.45, 7) is 2.19. The van der Waals surface area contributed by atoms with Crippen molar-refractivity contribution < 1.29 is 4.79 Å². The van der Waals surface area contributed by atoms with Gasteiger partial charge in [0.2, 0.25) is 0 Å². The molecule has 0 aliphatic heterocycles. The van der Waals surface area contributed by atoms with Gasteiger partial charge in [0.15, 0.2) is 5.12 Å². The van der Waals surface area contributed by atoms with Crippen LogP contribution in [0.3, 0.4) is 0 Å². The van der Waals surface area contributed by atoms with Crippen LogP contribution in [0.4, 0.5) is 0 Å². The Kier molecular flexibility index (Phi) is 6.24. The lowest BCUT2D eigenvalue weighted by Crippen LogP contribution is -2.06. The van der Waals surface area contributed by atoms with Gasteiger partial charge < -0.3 is 0 Å². The van der Waals surface area contributed by atoms with Crippen molar-refractivity contribution in [2.24, 2.45) is 0 Å². The van der Waals surface area contributed by atoms with E-state index in [0.717, 1.165) is 18.4 Å². The second kappa shape index (κ2) is 7.50. The summed E-state index contributed by atoms with van der Waals surface area (Å²) in [4.78, 5) is 11.5. The highest BCUT2D eigenvalue weighted by molar-refractivity contribution is 7.96. The van der Waals surface area contributed by atoms with Crippen LogP contribution in [0.2, 0.25) is 0 Å². The van der Waals surface area contributed by atoms with Crippen molar-refractivity contribution >= 4 is 17.7 Å². The fourth-order valence-electron chi connectivity index (χ4n) is 1.89. The number of unbranched alkanes of at least 4 members (excludes halogenated alkanes) is 3. The summed E-state index contributed by atoms with van der Waals surface area (Å²) in [6, 6.07) is 9.95. The zero-order valence-corrected chi connectivity index (χ0v) is 10.7. The smallest absolute Gasteiger partial charge is 0.193 e. The maximum absolute atomic E-state index is 11.5. The van der Waals surface area contributed by atoms with E-state index in [1.165, 1.54) is 19.3 Å². The van der Waals surface area contributed by atoms with Gasteiger partial charge in [-0.05, 0) is 12.0 Å². The van der Waals surface area contributed by atoms with Crippen LogP contribution in [0, 0.1) is 0 Å². The second-order valence-corrected chi connectivity index (χ2v) is 4.59. The zero-order chi connectivity index (χ0) is 11.8. The Labute approximate surface area is 104 Å². The molecule has 1 rings (SSSR count). The van der Waals surface area contributed by atoms with E-state index in [1.54, 1.807) is 0 Å². The molecule has 1 atom stereocenters. The quantitative estimate of drug-likeness (QED) is 0.554. The standard InChI is InChI=1S/C14H20OS/c1-2-3-4-8-11-13(14(15)16)12-9-6-5-7-10-12/h5-7,9-10,13H,2-4,8,11H2,1H3,(H,15,16). The molecule has 0 heterocycles. The van der Waals surface area contributed by atoms with Crippen molar-refractivity contribution in [3.8, 4) is 0 Å². The van der Waals surface area contributed by atoms with Gasteiger partial charge >= 0.3 is 0 Å². The predicted molar refractivity (Wildman–Crippen MR) is 71.9 cm³/mol. The lowest BCUT2D eigenvalue weighted by molar-refractivity contribution is -0.112. The number of carbonyl (C=O) groups is 1. The van der Waals surface area contributed by atoms with Crippen molar-refractivity contribution in [3.63, 3.8) is 0 Å². The van der Waals surface area contributed by atoms with Gasteiger partial charge in [0.1, 0.15) is 0 Å². The van der Waals surface area contributed by atoms with Crippen LogP contribution in [-0.2, 0) is 4.79 Å². The summed E-state index contributed by atoms with van der Waals surface area (Å²) in [6.07, 6.45) is 5.72. The number of hydrogen-bond donors (Lipinski definition) is 1. The molecule has 1 unspecified atom stereocenters. The molecule has 2 heteroatoms. The molecular weight excluding hydrogens is 216 g/mol. The average molecular weight is 236 g/mol. The summed E-state index contributed by atoms with van der Waals surface area (Å²) in [5.74, 6) is -0.0265. The molecule has 1 aromatic rings. The Morgan fingerprint density at radius 3 is 2.44 bits per heavy atom. The number of carbonyl (C=O) groups excluding carboxylic acids is 1. The van der Waals surface area contributed by atoms with E-state index < -0.39 is 0 Å². The lowest BCUT2D eigenvalue weighted by atomic mass is 9.94. The van der Waals surface area contributed by atoms with Crippen molar-refractivity contribution in [1.82, 2.24) is 0 Å². The minimum Gasteiger partial charge on any atom is -0.287 e. The minimum atomic E-state index is -0.0265. The first-order valence-electron chi connectivity index (χ1n) is 6.03. The molecule has 0 radical (unpaired) electrons. The van der Waals surface area contributed by atoms with Crippen molar-refractivity contribution in [2.75, 3.05) is 0 Å². The molecule has 0 saturated heterocycles. The van der Waals surface area contributed by atoms with Crippen LogP contribution in [0.15, 0.2) is 30.3 Å². The summed E-state index contributed by atoms with van der Waals surface area (Å²) in [7, 11) is 0. The monoisotopic (exact) mass is 236 g/mol. The molecule has 88 valence electrons. The Hall–Kier alpha value is -0.760. The fraction of sp³-hybridized carbons (Fsp3) is 0.500. The summed E-state index contributed by atoms with van der Waals surface area (Å²) in [5.41, 5.74) is 1.10. The number of thiol groups is 1. The van der Waals surface area contributed by atoms with Gasteiger partial charge in [0, 0.05) is 0 Å². The van der Waals surface area contributed by atoms with Crippen LogP contribution >= 0.6 is 12.6 Å². The third kappa shape index (κ3) is 4.40. The number of rotatable bonds is 7. The van der Waals surface area contributed by atoms with E-state index in [4.69, 9.17) is 0 Å². The van der Waals surface area contributed by atoms with Gasteiger partial charge in [-0.1, -0.05) is 62.9 Å². The van der Waals surface area contributed by atoms with Crippen LogP contribution in [-0.4, -0.2) is 5.12 Å². The maximum atomic E-state index is 11.5. The Bertz CT molecular complexity index is 308. The highest BCUT2D eigenvalue weighted by atomic mass is 32.1. The molecule has 16 heavy (non-hydrogen) atoms. The molecule has 0 N–H and O–H groups in total. The minimum absolute atomic E-state index is 0.0114. The van der Waals surface area contributed by atoms with E-state index in [1.807, 2.05) is 30.3 Å². The lowest BCUT2D eigenvalue weighted by Gasteiger charge is -2.13. The van der Waals surface area contributed by atoms with Gasteiger partial charge in [-0.3, -0.25) is 4.79 Å². The van der Waals surface area contributed by atoms with Gasteiger partial charge in [0.05, 0.1) is 5.92 Å². The van der Waals surface area contributed by atoms with Crippen LogP contribution < -0.4 is 0 Å². The summed E-state index contributed by atoms with van der Waals surface area (Å²) >= 11 is 3.99. The van der Waals surface area contributed by atoms with Gasteiger partial charge in [-0.15, -0.1) is 12.6 Å². The Morgan fingerprint density at radius 2 is 1.88 bits per heavy atom. The highest BCUT2D eigenvalue weighted by Crippen LogP contribution is 2.24. The normalized spacial score (nSPS) is 12.4. The van der Waals surface area contributed by atoms with Crippen LogP contribution in [0.1, 0.15) is 50.5 Å². The molecule has 1 aromatic carbocycles. The van der Waals surface area contributed by atoms with Crippen LogP contribution in [0.25, 0.3) is 0 Å². The summed E-state index contributed by atoms with van der Waals surface area (Å²) in [5, 5.41) is -0.0114. The van der Waals surface area contributed by atoms with E-state index in [2.05, 4.69) is 19.6 Å². The van der Waals surface area contributed by atoms with E-state index in [9.17, 15) is 4.79 Å². The third-order valence-electron chi connectivity index (χ3n) is 2.85. The van der Waals surface area contributed by atoms with Crippen LogP contribution in [0.5, 0.6) is 0 Å². The number of benzene rings is 1. The van der Waals surface area contributed by atoms with Gasteiger partial charge in [0.25, 0.3) is 0 Å². The molecule has 0 bridgehead atoms. The first-order chi connectivity index (χ1) is 7.75. The average Bonchev–Trinajstić information content (AvgIpc) is 2.30. The highest BCUT2D eigenvalue weighted by Gasteiger charge is 2.16. The predicted octanol–water partition coefficient (Wildman–Crippen LogP) is 4.20. The Morgan fingerprint density at radius 1 is 1.19 bits per heavy atom. The molecule has 0 fully saturated rings. The van der Waals surface area contributed by atoms with Crippen molar-refractivity contribution in [2.45, 2.75) is 44.9 Å². The molecular formula is C14H20OS. The zero-order valence-electron chi connectivity index (χ0n) is 9.86. The summed E-state index contributed by atoms with van der Waals surface area (Å²) < 4.78 is 0.